The number of hydrogen-bond acceptors (Lipinski definition) is 3. The van der Waals surface area contributed by atoms with E-state index in [0.29, 0.717) is 27.0 Å². The number of carbonyl (C=O) groups is 2. The number of benzene rings is 2. The minimum absolute atomic E-state index is 0.297. The van der Waals surface area contributed by atoms with Crippen LogP contribution in [0, 0.1) is 0 Å². The van der Waals surface area contributed by atoms with Crippen molar-refractivity contribution >= 4 is 39.1 Å². The van der Waals surface area contributed by atoms with Gasteiger partial charge in [0.05, 0.1) is 28.7 Å². The minimum Gasteiger partial charge on any atom is -0.321 e. The van der Waals surface area contributed by atoms with Crippen LogP contribution in [-0.2, 0) is 0 Å². The van der Waals surface area contributed by atoms with Crippen LogP contribution in [0.15, 0.2) is 77.5 Å². The highest BCUT2D eigenvalue weighted by molar-refractivity contribution is 9.10. The molecule has 2 N–H and O–H groups in total. The second-order valence-electron chi connectivity index (χ2n) is 5.18. The van der Waals surface area contributed by atoms with Gasteiger partial charge in [0.25, 0.3) is 11.8 Å². The van der Waals surface area contributed by atoms with Gasteiger partial charge >= 0.3 is 0 Å². The normalized spacial score (nSPS) is 10.1. The van der Waals surface area contributed by atoms with E-state index >= 15 is 0 Å². The van der Waals surface area contributed by atoms with Gasteiger partial charge in [-0.2, -0.15) is 0 Å². The Labute approximate surface area is 153 Å². The summed E-state index contributed by atoms with van der Waals surface area (Å²) >= 11 is 3.35. The van der Waals surface area contributed by atoms with Crippen molar-refractivity contribution in [3.8, 4) is 0 Å². The van der Waals surface area contributed by atoms with E-state index in [0.717, 1.165) is 0 Å². The van der Waals surface area contributed by atoms with E-state index in [-0.39, 0.29) is 11.8 Å². The van der Waals surface area contributed by atoms with Crippen LogP contribution in [-0.4, -0.2) is 16.8 Å². The number of hydrogen-bond donors (Lipinski definition) is 2. The number of anilines is 2. The molecule has 2 amide bonds. The highest BCUT2D eigenvalue weighted by atomic mass is 79.9. The van der Waals surface area contributed by atoms with Gasteiger partial charge in [-0.05, 0) is 52.3 Å². The number of amides is 2. The average molecular weight is 396 g/mol. The van der Waals surface area contributed by atoms with Crippen LogP contribution in [0.3, 0.4) is 0 Å². The van der Waals surface area contributed by atoms with Gasteiger partial charge in [0.2, 0.25) is 0 Å². The fourth-order valence-electron chi connectivity index (χ4n) is 2.26. The zero-order valence-electron chi connectivity index (χ0n) is 13.1. The molecule has 0 aliphatic carbocycles. The van der Waals surface area contributed by atoms with Crippen molar-refractivity contribution in [3.63, 3.8) is 0 Å². The largest absolute Gasteiger partial charge is 0.321 e. The first-order valence-corrected chi connectivity index (χ1v) is 8.31. The molecule has 0 radical (unpaired) electrons. The van der Waals surface area contributed by atoms with E-state index in [1.54, 1.807) is 67.0 Å². The standard InChI is InChI=1S/C19H14BrN3O2/c20-16-9-3-1-7-14(16)18(24)23-17-10-4-2-8-15(17)19(25)22-13-6-5-11-21-12-13/h1-12H,(H,22,25)(H,23,24). The molecule has 3 rings (SSSR count). The Morgan fingerprint density at radius 1 is 0.800 bits per heavy atom. The fraction of sp³-hybridized carbons (Fsp3) is 0. The van der Waals surface area contributed by atoms with Crippen LogP contribution in [0.4, 0.5) is 11.4 Å². The maximum absolute atomic E-state index is 12.5. The van der Waals surface area contributed by atoms with Gasteiger partial charge in [-0.3, -0.25) is 14.6 Å². The van der Waals surface area contributed by atoms with Gasteiger partial charge in [-0.25, -0.2) is 0 Å². The lowest BCUT2D eigenvalue weighted by atomic mass is 10.1. The molecule has 0 aliphatic heterocycles. The Bertz CT molecular complexity index is 913. The summed E-state index contributed by atoms with van der Waals surface area (Å²) in [5, 5.41) is 5.55. The monoisotopic (exact) mass is 395 g/mol. The van der Waals surface area contributed by atoms with Crippen molar-refractivity contribution in [2.24, 2.45) is 0 Å². The summed E-state index contributed by atoms with van der Waals surface area (Å²) in [6, 6.07) is 17.4. The molecule has 1 aromatic heterocycles. The molecule has 0 fully saturated rings. The first-order valence-electron chi connectivity index (χ1n) is 7.51. The lowest BCUT2D eigenvalue weighted by molar-refractivity contribution is 0.102. The summed E-state index contributed by atoms with van der Waals surface area (Å²) in [5.74, 6) is -0.620. The van der Waals surface area contributed by atoms with Crippen molar-refractivity contribution < 1.29 is 9.59 Å². The van der Waals surface area contributed by atoms with Crippen molar-refractivity contribution in [3.05, 3.63) is 88.7 Å². The van der Waals surface area contributed by atoms with E-state index in [9.17, 15) is 9.59 Å². The summed E-state index contributed by atoms with van der Waals surface area (Å²) in [7, 11) is 0. The molecule has 3 aromatic rings. The van der Waals surface area contributed by atoms with Crippen LogP contribution in [0.2, 0.25) is 0 Å². The number of halogens is 1. The van der Waals surface area contributed by atoms with Gasteiger partial charge in [-0.1, -0.05) is 24.3 Å². The molecule has 0 saturated carbocycles. The number of rotatable bonds is 4. The average Bonchev–Trinajstić information content (AvgIpc) is 2.63. The smallest absolute Gasteiger partial charge is 0.257 e. The Balaban J connectivity index is 1.82. The van der Waals surface area contributed by atoms with E-state index in [1.165, 1.54) is 0 Å². The predicted molar refractivity (Wildman–Crippen MR) is 101 cm³/mol. The van der Waals surface area contributed by atoms with Crippen molar-refractivity contribution in [1.82, 2.24) is 4.98 Å². The molecule has 2 aromatic carbocycles. The van der Waals surface area contributed by atoms with Gasteiger partial charge < -0.3 is 10.6 Å². The van der Waals surface area contributed by atoms with E-state index in [1.807, 2.05) is 6.07 Å². The van der Waals surface area contributed by atoms with Gasteiger partial charge in [0, 0.05) is 10.7 Å². The molecule has 124 valence electrons. The number of carbonyl (C=O) groups excluding carboxylic acids is 2. The summed E-state index contributed by atoms with van der Waals surface area (Å²) in [6.07, 6.45) is 3.18. The fourth-order valence-corrected chi connectivity index (χ4v) is 2.73. The van der Waals surface area contributed by atoms with Crippen molar-refractivity contribution in [1.29, 1.82) is 0 Å². The Morgan fingerprint density at radius 2 is 1.48 bits per heavy atom. The van der Waals surface area contributed by atoms with Crippen LogP contribution in [0.5, 0.6) is 0 Å². The molecular formula is C19H14BrN3O2. The summed E-state index contributed by atoms with van der Waals surface area (Å²) in [6.45, 7) is 0. The van der Waals surface area contributed by atoms with Crippen LogP contribution in [0.1, 0.15) is 20.7 Å². The number of nitrogens with zero attached hydrogens (tertiary/aromatic N) is 1. The first-order chi connectivity index (χ1) is 12.1. The first kappa shape index (κ1) is 16.9. The topological polar surface area (TPSA) is 71.1 Å². The molecule has 0 aliphatic rings. The maximum Gasteiger partial charge on any atom is 0.257 e. The number of nitrogens with one attached hydrogen (secondary N) is 2. The third-order valence-electron chi connectivity index (χ3n) is 3.46. The molecule has 6 heteroatoms. The molecule has 5 nitrogen and oxygen atoms in total. The SMILES string of the molecule is O=C(Nc1ccccc1C(=O)Nc1cccnc1)c1ccccc1Br. The van der Waals surface area contributed by atoms with Crippen molar-refractivity contribution in [2.75, 3.05) is 10.6 Å². The lowest BCUT2D eigenvalue weighted by Crippen LogP contribution is -2.18. The van der Waals surface area contributed by atoms with Gasteiger partial charge in [0.1, 0.15) is 0 Å². The number of pyridine rings is 1. The second-order valence-corrected chi connectivity index (χ2v) is 6.03. The number of aromatic nitrogens is 1. The zero-order chi connectivity index (χ0) is 17.6. The quantitative estimate of drug-likeness (QED) is 0.689. The van der Waals surface area contributed by atoms with Gasteiger partial charge in [0.15, 0.2) is 0 Å². The van der Waals surface area contributed by atoms with E-state index in [2.05, 4.69) is 31.5 Å². The van der Waals surface area contributed by atoms with Crippen molar-refractivity contribution in [2.45, 2.75) is 0 Å². The zero-order valence-corrected chi connectivity index (χ0v) is 14.7. The van der Waals surface area contributed by atoms with E-state index in [4.69, 9.17) is 0 Å². The Kier molecular flexibility index (Phi) is 5.20. The van der Waals surface area contributed by atoms with Gasteiger partial charge in [-0.15, -0.1) is 0 Å². The third kappa shape index (κ3) is 4.10. The third-order valence-corrected chi connectivity index (χ3v) is 4.15. The highest BCUT2D eigenvalue weighted by Gasteiger charge is 2.15. The Hall–Kier alpha value is -2.99. The molecular weight excluding hydrogens is 382 g/mol. The molecule has 0 bridgehead atoms. The predicted octanol–water partition coefficient (Wildman–Crippen LogP) is 4.35. The van der Waals surface area contributed by atoms with E-state index < -0.39 is 0 Å². The molecule has 25 heavy (non-hydrogen) atoms. The molecule has 0 spiro atoms. The lowest BCUT2D eigenvalue weighted by Gasteiger charge is -2.12. The molecule has 0 saturated heterocycles. The van der Waals surface area contributed by atoms with Crippen LogP contribution >= 0.6 is 15.9 Å². The highest BCUT2D eigenvalue weighted by Crippen LogP contribution is 2.21. The summed E-state index contributed by atoms with van der Waals surface area (Å²) in [4.78, 5) is 29.0. The number of para-hydroxylation sites is 1. The second kappa shape index (κ2) is 7.72. The minimum atomic E-state index is -0.323. The van der Waals surface area contributed by atoms with Crippen LogP contribution in [0.25, 0.3) is 0 Å². The maximum atomic E-state index is 12.5. The molecule has 0 atom stereocenters. The van der Waals surface area contributed by atoms with Crippen LogP contribution < -0.4 is 10.6 Å². The Morgan fingerprint density at radius 3 is 2.20 bits per heavy atom. The summed E-state index contributed by atoms with van der Waals surface area (Å²) in [5.41, 5.74) is 1.88. The molecule has 1 heterocycles. The molecule has 0 unspecified atom stereocenters. The summed E-state index contributed by atoms with van der Waals surface area (Å²) < 4.78 is 0.685.